The summed E-state index contributed by atoms with van der Waals surface area (Å²) in [7, 11) is 4.14. The van der Waals surface area contributed by atoms with Crippen molar-refractivity contribution >= 4 is 0 Å². The number of hydrogen-bond donors (Lipinski definition) is 2. The molecule has 0 aromatic carbocycles. The molecule has 0 radical (unpaired) electrons. The standard InChI is InChI=1S/C12H23N5O2/c1-12(18,8-13)6-10-14-11(15-19-10)9-7-16(2)4-5-17(9)3/h9,18H,4-8,13H2,1-3H3. The predicted octanol–water partition coefficient (Wildman–Crippen LogP) is -0.760. The van der Waals surface area contributed by atoms with Crippen LogP contribution in [0.1, 0.15) is 24.7 Å². The van der Waals surface area contributed by atoms with E-state index in [-0.39, 0.29) is 19.0 Å². The monoisotopic (exact) mass is 269 g/mol. The van der Waals surface area contributed by atoms with Crippen molar-refractivity contribution in [1.82, 2.24) is 19.9 Å². The number of nitrogens with two attached hydrogens (primary N) is 1. The van der Waals surface area contributed by atoms with E-state index in [1.165, 1.54) is 0 Å². The van der Waals surface area contributed by atoms with Crippen molar-refractivity contribution < 1.29 is 9.63 Å². The molecule has 7 heteroatoms. The van der Waals surface area contributed by atoms with Gasteiger partial charge in [-0.15, -0.1) is 0 Å². The fourth-order valence-electron chi connectivity index (χ4n) is 2.16. The normalized spacial score (nSPS) is 25.4. The number of hydrogen-bond acceptors (Lipinski definition) is 7. The molecule has 0 bridgehead atoms. The average molecular weight is 269 g/mol. The van der Waals surface area contributed by atoms with Gasteiger partial charge in [0.05, 0.1) is 18.1 Å². The van der Waals surface area contributed by atoms with E-state index in [0.29, 0.717) is 11.7 Å². The summed E-state index contributed by atoms with van der Waals surface area (Å²) in [6.07, 6.45) is 0.281. The molecule has 0 aliphatic carbocycles. The summed E-state index contributed by atoms with van der Waals surface area (Å²) in [5, 5.41) is 14.0. The number of piperazine rings is 1. The summed E-state index contributed by atoms with van der Waals surface area (Å²) in [5.74, 6) is 1.11. The zero-order valence-corrected chi connectivity index (χ0v) is 11.8. The number of aromatic nitrogens is 2. The van der Waals surface area contributed by atoms with Crippen LogP contribution in [0.15, 0.2) is 4.52 Å². The lowest BCUT2D eigenvalue weighted by Crippen LogP contribution is -2.45. The molecule has 19 heavy (non-hydrogen) atoms. The van der Waals surface area contributed by atoms with Gasteiger partial charge < -0.3 is 20.3 Å². The topological polar surface area (TPSA) is 91.7 Å². The van der Waals surface area contributed by atoms with E-state index in [9.17, 15) is 5.11 Å². The summed E-state index contributed by atoms with van der Waals surface area (Å²) in [6.45, 7) is 4.72. The molecule has 108 valence electrons. The maximum atomic E-state index is 9.92. The molecule has 0 amide bonds. The minimum Gasteiger partial charge on any atom is -0.388 e. The van der Waals surface area contributed by atoms with Crippen LogP contribution in [0.2, 0.25) is 0 Å². The van der Waals surface area contributed by atoms with Crippen molar-refractivity contribution in [2.24, 2.45) is 5.73 Å². The van der Waals surface area contributed by atoms with E-state index in [1.54, 1.807) is 6.92 Å². The Hall–Kier alpha value is -1.02. The van der Waals surface area contributed by atoms with Crippen LogP contribution in [0.25, 0.3) is 0 Å². The maximum Gasteiger partial charge on any atom is 0.229 e. The van der Waals surface area contributed by atoms with Gasteiger partial charge in [-0.25, -0.2) is 0 Å². The third-order valence-electron chi connectivity index (χ3n) is 3.60. The summed E-state index contributed by atoms with van der Waals surface area (Å²) < 4.78 is 5.22. The average Bonchev–Trinajstić information content (AvgIpc) is 2.80. The lowest BCUT2D eigenvalue weighted by molar-refractivity contribution is 0.0610. The van der Waals surface area contributed by atoms with Gasteiger partial charge in [0.25, 0.3) is 0 Å². The zero-order valence-electron chi connectivity index (χ0n) is 11.8. The first-order valence-corrected chi connectivity index (χ1v) is 6.55. The van der Waals surface area contributed by atoms with Crippen LogP contribution in [0.5, 0.6) is 0 Å². The summed E-state index contributed by atoms with van der Waals surface area (Å²) in [4.78, 5) is 8.85. The number of rotatable bonds is 4. The Morgan fingerprint density at radius 1 is 1.47 bits per heavy atom. The molecule has 7 nitrogen and oxygen atoms in total. The first-order valence-electron chi connectivity index (χ1n) is 6.55. The van der Waals surface area contributed by atoms with Crippen molar-refractivity contribution in [3.05, 3.63) is 11.7 Å². The molecule has 1 fully saturated rings. The van der Waals surface area contributed by atoms with Crippen molar-refractivity contribution in [3.8, 4) is 0 Å². The van der Waals surface area contributed by atoms with Gasteiger partial charge in [0.1, 0.15) is 0 Å². The SMILES string of the molecule is CN1CCN(C)C(c2noc(CC(C)(O)CN)n2)C1. The van der Waals surface area contributed by atoms with E-state index >= 15 is 0 Å². The van der Waals surface area contributed by atoms with Crippen LogP contribution >= 0.6 is 0 Å². The lowest BCUT2D eigenvalue weighted by Gasteiger charge is -2.35. The quantitative estimate of drug-likeness (QED) is 0.742. The van der Waals surface area contributed by atoms with Gasteiger partial charge in [-0.3, -0.25) is 4.90 Å². The molecule has 1 aliphatic rings. The van der Waals surface area contributed by atoms with Crippen molar-refractivity contribution in [3.63, 3.8) is 0 Å². The molecule has 1 aromatic rings. The summed E-state index contributed by atoms with van der Waals surface area (Å²) >= 11 is 0. The fraction of sp³-hybridized carbons (Fsp3) is 0.833. The Balaban J connectivity index is 2.07. The van der Waals surface area contributed by atoms with Gasteiger partial charge in [0.15, 0.2) is 5.82 Å². The van der Waals surface area contributed by atoms with E-state index in [0.717, 1.165) is 19.6 Å². The first kappa shape index (κ1) is 14.4. The summed E-state index contributed by atoms with van der Waals surface area (Å²) in [6, 6.07) is 0.138. The molecule has 1 saturated heterocycles. The lowest BCUT2D eigenvalue weighted by atomic mass is 10.0. The van der Waals surface area contributed by atoms with Crippen LogP contribution in [-0.2, 0) is 6.42 Å². The zero-order chi connectivity index (χ0) is 14.0. The molecule has 1 aromatic heterocycles. The van der Waals surface area contributed by atoms with Gasteiger partial charge in [-0.1, -0.05) is 5.16 Å². The van der Waals surface area contributed by atoms with Crippen molar-refractivity contribution in [1.29, 1.82) is 0 Å². The molecule has 2 unspecified atom stereocenters. The molecule has 2 atom stereocenters. The highest BCUT2D eigenvalue weighted by molar-refractivity contribution is 4.99. The van der Waals surface area contributed by atoms with Gasteiger partial charge in [0.2, 0.25) is 5.89 Å². The van der Waals surface area contributed by atoms with Gasteiger partial charge in [0, 0.05) is 26.2 Å². The Morgan fingerprint density at radius 2 is 2.21 bits per heavy atom. The third-order valence-corrected chi connectivity index (χ3v) is 3.60. The van der Waals surface area contributed by atoms with Crippen molar-refractivity contribution in [2.75, 3.05) is 40.3 Å². The van der Waals surface area contributed by atoms with Crippen molar-refractivity contribution in [2.45, 2.75) is 25.0 Å². The minimum atomic E-state index is -1.00. The largest absolute Gasteiger partial charge is 0.388 e. The number of aliphatic hydroxyl groups is 1. The minimum absolute atomic E-state index is 0.138. The van der Waals surface area contributed by atoms with Crippen LogP contribution in [-0.4, -0.2) is 70.9 Å². The number of nitrogens with zero attached hydrogens (tertiary/aromatic N) is 4. The predicted molar refractivity (Wildman–Crippen MR) is 70.5 cm³/mol. The second-order valence-electron chi connectivity index (χ2n) is 5.68. The number of likely N-dealkylation sites (N-methyl/N-ethyl adjacent to an activating group) is 2. The highest BCUT2D eigenvalue weighted by Crippen LogP contribution is 2.21. The fourth-order valence-corrected chi connectivity index (χ4v) is 2.16. The Morgan fingerprint density at radius 3 is 2.89 bits per heavy atom. The van der Waals surface area contributed by atoms with Gasteiger partial charge in [-0.2, -0.15) is 4.98 Å². The van der Waals surface area contributed by atoms with Crippen LogP contribution < -0.4 is 5.73 Å². The molecular formula is C12H23N5O2. The van der Waals surface area contributed by atoms with E-state index < -0.39 is 5.60 Å². The Bertz CT molecular complexity index is 420. The molecule has 2 heterocycles. The molecule has 3 N–H and O–H groups in total. The van der Waals surface area contributed by atoms with E-state index in [2.05, 4.69) is 34.0 Å². The summed E-state index contributed by atoms with van der Waals surface area (Å²) in [5.41, 5.74) is 4.49. The van der Waals surface area contributed by atoms with E-state index in [4.69, 9.17) is 10.3 Å². The van der Waals surface area contributed by atoms with Crippen LogP contribution in [0.3, 0.4) is 0 Å². The maximum absolute atomic E-state index is 9.92. The van der Waals surface area contributed by atoms with Gasteiger partial charge in [-0.05, 0) is 21.0 Å². The molecule has 1 aliphatic heterocycles. The Labute approximate surface area is 113 Å². The van der Waals surface area contributed by atoms with Crippen LogP contribution in [0.4, 0.5) is 0 Å². The first-order chi connectivity index (χ1) is 8.91. The van der Waals surface area contributed by atoms with E-state index in [1.807, 2.05) is 0 Å². The molecular weight excluding hydrogens is 246 g/mol. The third kappa shape index (κ3) is 3.50. The molecule has 0 spiro atoms. The Kier molecular flexibility index (Phi) is 4.19. The molecule has 0 saturated carbocycles. The smallest absolute Gasteiger partial charge is 0.229 e. The second kappa shape index (κ2) is 5.54. The van der Waals surface area contributed by atoms with Crippen LogP contribution in [0, 0.1) is 0 Å². The van der Waals surface area contributed by atoms with Gasteiger partial charge >= 0.3 is 0 Å². The highest BCUT2D eigenvalue weighted by Gasteiger charge is 2.29. The second-order valence-corrected chi connectivity index (χ2v) is 5.68. The molecule has 2 rings (SSSR count). The highest BCUT2D eigenvalue weighted by atomic mass is 16.5.